The molecule has 0 aromatic carbocycles. The van der Waals surface area contributed by atoms with Crippen LogP contribution in [0.5, 0.6) is 0 Å². The van der Waals surface area contributed by atoms with Crippen LogP contribution in [0.4, 0.5) is 5.88 Å². The molecule has 0 bridgehead atoms. The van der Waals surface area contributed by atoms with E-state index >= 15 is 0 Å². The first-order valence-corrected chi connectivity index (χ1v) is 11.2. The molecule has 30 heavy (non-hydrogen) atoms. The van der Waals surface area contributed by atoms with E-state index in [1.807, 2.05) is 4.90 Å². The number of hydrogen-bond donors (Lipinski definition) is 1. The second-order valence-electron chi connectivity index (χ2n) is 8.47. The molecule has 2 fully saturated rings. The van der Waals surface area contributed by atoms with Crippen LogP contribution >= 0.6 is 0 Å². The zero-order valence-corrected chi connectivity index (χ0v) is 17.6. The minimum atomic E-state index is 0.0201. The van der Waals surface area contributed by atoms with E-state index in [9.17, 15) is 10.1 Å². The molecule has 0 spiro atoms. The van der Waals surface area contributed by atoms with Gasteiger partial charge < -0.3 is 19.1 Å². The molecular formula is C23H30N4O3. The maximum atomic E-state index is 12.9. The van der Waals surface area contributed by atoms with Crippen LogP contribution in [0.15, 0.2) is 27.2 Å². The standard InChI is InChI=1S/C23H30N4O3/c1-2-3-6-16-7-4-8-18(16)25-21(28)17-10-12-27(13-11-17)23-19(15-24)26-22(30-23)20-9-5-14-29-20/h5,9,14,16-18H,2-4,6-8,10-13H2,1H3,(H,25,28). The van der Waals surface area contributed by atoms with Gasteiger partial charge in [0.1, 0.15) is 6.07 Å². The molecule has 7 nitrogen and oxygen atoms in total. The number of nitriles is 1. The molecule has 1 aliphatic heterocycles. The number of furan rings is 1. The van der Waals surface area contributed by atoms with Crippen molar-refractivity contribution in [3.8, 4) is 17.7 Å². The third-order valence-electron chi connectivity index (χ3n) is 6.52. The van der Waals surface area contributed by atoms with Crippen molar-refractivity contribution >= 4 is 11.8 Å². The molecule has 3 heterocycles. The highest BCUT2D eigenvalue weighted by Crippen LogP contribution is 2.33. The van der Waals surface area contributed by atoms with Crippen molar-refractivity contribution in [2.75, 3.05) is 18.0 Å². The highest BCUT2D eigenvalue weighted by Gasteiger charge is 2.33. The Morgan fingerprint density at radius 2 is 2.17 bits per heavy atom. The predicted molar refractivity (Wildman–Crippen MR) is 113 cm³/mol. The summed E-state index contributed by atoms with van der Waals surface area (Å²) in [4.78, 5) is 19.1. The second-order valence-corrected chi connectivity index (χ2v) is 8.47. The van der Waals surface area contributed by atoms with Gasteiger partial charge in [-0.2, -0.15) is 10.2 Å². The fourth-order valence-corrected chi connectivity index (χ4v) is 4.79. The van der Waals surface area contributed by atoms with E-state index < -0.39 is 0 Å². The number of anilines is 1. The summed E-state index contributed by atoms with van der Waals surface area (Å²) in [6, 6.07) is 5.97. The number of unbranched alkanes of at least 4 members (excludes halogenated alkanes) is 1. The molecule has 1 amide bonds. The SMILES string of the molecule is CCCCC1CCCC1NC(=O)C1CCN(c2oc(-c3ccco3)nc2C#N)CC1. The zero-order chi connectivity index (χ0) is 20.9. The Hall–Kier alpha value is -2.75. The van der Waals surface area contributed by atoms with Crippen molar-refractivity contribution in [1.82, 2.24) is 10.3 Å². The maximum absolute atomic E-state index is 12.9. The van der Waals surface area contributed by atoms with Crippen LogP contribution < -0.4 is 10.2 Å². The fourth-order valence-electron chi connectivity index (χ4n) is 4.79. The van der Waals surface area contributed by atoms with Crippen LogP contribution in [-0.2, 0) is 4.79 Å². The predicted octanol–water partition coefficient (Wildman–Crippen LogP) is 4.50. The summed E-state index contributed by atoms with van der Waals surface area (Å²) in [5, 5.41) is 12.8. The van der Waals surface area contributed by atoms with Crippen molar-refractivity contribution in [3.05, 3.63) is 24.1 Å². The van der Waals surface area contributed by atoms with Gasteiger partial charge in [0.15, 0.2) is 5.76 Å². The Kier molecular flexibility index (Phi) is 6.41. The minimum Gasteiger partial charge on any atom is -0.459 e. The van der Waals surface area contributed by atoms with E-state index in [0.29, 0.717) is 42.6 Å². The largest absolute Gasteiger partial charge is 0.459 e. The van der Waals surface area contributed by atoms with Crippen LogP contribution in [0, 0.1) is 23.2 Å². The lowest BCUT2D eigenvalue weighted by atomic mass is 9.93. The molecule has 1 aliphatic carbocycles. The van der Waals surface area contributed by atoms with E-state index in [0.717, 1.165) is 19.3 Å². The van der Waals surface area contributed by atoms with Crippen molar-refractivity contribution in [2.24, 2.45) is 11.8 Å². The molecular weight excluding hydrogens is 380 g/mol. The van der Waals surface area contributed by atoms with E-state index in [1.54, 1.807) is 18.4 Å². The topological polar surface area (TPSA) is 95.3 Å². The smallest absolute Gasteiger partial charge is 0.266 e. The molecule has 2 aromatic rings. The molecule has 1 N–H and O–H groups in total. The van der Waals surface area contributed by atoms with Gasteiger partial charge in [0, 0.05) is 25.0 Å². The average Bonchev–Trinajstić information content (AvgIpc) is 3.52. The van der Waals surface area contributed by atoms with Gasteiger partial charge in [0.2, 0.25) is 17.5 Å². The lowest BCUT2D eigenvalue weighted by molar-refractivity contribution is -0.126. The molecule has 2 aliphatic rings. The first-order chi connectivity index (χ1) is 14.7. The van der Waals surface area contributed by atoms with Crippen LogP contribution in [0.25, 0.3) is 11.7 Å². The van der Waals surface area contributed by atoms with Gasteiger partial charge in [-0.3, -0.25) is 4.79 Å². The van der Waals surface area contributed by atoms with Gasteiger partial charge in [0.05, 0.1) is 6.26 Å². The second kappa shape index (κ2) is 9.38. The summed E-state index contributed by atoms with van der Waals surface area (Å²) < 4.78 is 11.2. The lowest BCUT2D eigenvalue weighted by Crippen LogP contribution is -2.45. The number of carbonyl (C=O) groups is 1. The Morgan fingerprint density at radius 3 is 2.87 bits per heavy atom. The molecule has 0 radical (unpaired) electrons. The quantitative estimate of drug-likeness (QED) is 0.722. The number of oxazole rings is 1. The lowest BCUT2D eigenvalue weighted by Gasteiger charge is -2.32. The summed E-state index contributed by atoms with van der Waals surface area (Å²) in [5.74, 6) is 2.13. The molecule has 2 atom stereocenters. The van der Waals surface area contributed by atoms with Gasteiger partial charge in [0.25, 0.3) is 5.89 Å². The fraction of sp³-hybridized carbons (Fsp3) is 0.609. The first-order valence-electron chi connectivity index (χ1n) is 11.2. The van der Waals surface area contributed by atoms with Gasteiger partial charge in [-0.1, -0.05) is 26.2 Å². The van der Waals surface area contributed by atoms with E-state index in [1.165, 1.54) is 32.1 Å². The number of piperidine rings is 1. The molecule has 2 aromatic heterocycles. The molecule has 7 heteroatoms. The number of aromatic nitrogens is 1. The average molecular weight is 411 g/mol. The zero-order valence-electron chi connectivity index (χ0n) is 17.6. The van der Waals surface area contributed by atoms with Crippen LogP contribution in [0.3, 0.4) is 0 Å². The van der Waals surface area contributed by atoms with Gasteiger partial charge >= 0.3 is 0 Å². The van der Waals surface area contributed by atoms with Crippen LogP contribution in [0.2, 0.25) is 0 Å². The minimum absolute atomic E-state index is 0.0201. The summed E-state index contributed by atoms with van der Waals surface area (Å²) in [7, 11) is 0. The van der Waals surface area contributed by atoms with E-state index in [2.05, 4.69) is 23.3 Å². The highest BCUT2D eigenvalue weighted by molar-refractivity contribution is 5.79. The van der Waals surface area contributed by atoms with E-state index in [-0.39, 0.29) is 17.5 Å². The maximum Gasteiger partial charge on any atom is 0.266 e. The van der Waals surface area contributed by atoms with Gasteiger partial charge in [-0.05, 0) is 50.2 Å². The number of carbonyl (C=O) groups excluding carboxylic acids is 1. The van der Waals surface area contributed by atoms with Crippen LogP contribution in [-0.4, -0.2) is 30.0 Å². The summed E-state index contributed by atoms with van der Waals surface area (Å²) >= 11 is 0. The van der Waals surface area contributed by atoms with Gasteiger partial charge in [-0.15, -0.1) is 0 Å². The normalized spacial score (nSPS) is 22.2. The molecule has 4 rings (SSSR count). The Morgan fingerprint density at radius 1 is 1.33 bits per heavy atom. The molecule has 1 saturated carbocycles. The summed E-state index contributed by atoms with van der Waals surface area (Å²) in [6.45, 7) is 3.56. The molecule has 1 saturated heterocycles. The van der Waals surface area contributed by atoms with Crippen molar-refractivity contribution in [3.63, 3.8) is 0 Å². The summed E-state index contributed by atoms with van der Waals surface area (Å²) in [6.07, 6.45) is 10.3. The monoisotopic (exact) mass is 410 g/mol. The third kappa shape index (κ3) is 4.38. The highest BCUT2D eigenvalue weighted by atomic mass is 16.4. The van der Waals surface area contributed by atoms with Gasteiger partial charge in [-0.25, -0.2) is 0 Å². The van der Waals surface area contributed by atoms with Crippen molar-refractivity contribution in [1.29, 1.82) is 5.26 Å². The Balaban J connectivity index is 1.34. The number of rotatable bonds is 7. The Bertz CT molecular complexity index is 875. The third-order valence-corrected chi connectivity index (χ3v) is 6.52. The van der Waals surface area contributed by atoms with Crippen molar-refractivity contribution in [2.45, 2.75) is 64.3 Å². The Labute approximate surface area is 177 Å². The molecule has 2 unspecified atom stereocenters. The number of hydrogen-bond acceptors (Lipinski definition) is 6. The number of amides is 1. The number of nitrogens with zero attached hydrogens (tertiary/aromatic N) is 3. The number of nitrogens with one attached hydrogen (secondary N) is 1. The molecule has 160 valence electrons. The van der Waals surface area contributed by atoms with Crippen LogP contribution in [0.1, 0.15) is 64.0 Å². The van der Waals surface area contributed by atoms with E-state index in [4.69, 9.17) is 8.83 Å². The first kappa shape index (κ1) is 20.5. The summed E-state index contributed by atoms with van der Waals surface area (Å²) in [5.41, 5.74) is 0.258. The van der Waals surface area contributed by atoms with Crippen molar-refractivity contribution < 1.29 is 13.6 Å².